The molecule has 0 spiro atoms. The van der Waals surface area contributed by atoms with Crippen LogP contribution in [-0.4, -0.2) is 28.8 Å². The molecular formula is C22H27NO4. The highest BCUT2D eigenvalue weighted by molar-refractivity contribution is 5.74. The number of hydrogen-bond acceptors (Lipinski definition) is 3. The molecule has 1 amide bonds. The van der Waals surface area contributed by atoms with Crippen molar-refractivity contribution in [3.63, 3.8) is 0 Å². The monoisotopic (exact) mass is 369 g/mol. The smallest absolute Gasteiger partial charge is 0.407 e. The summed E-state index contributed by atoms with van der Waals surface area (Å²) in [5, 5.41) is 12.6. The molecule has 27 heavy (non-hydrogen) atoms. The summed E-state index contributed by atoms with van der Waals surface area (Å²) in [5.74, 6) is -1.73. The molecular weight excluding hydrogens is 342 g/mol. The average molecular weight is 369 g/mol. The number of alkyl carbamates (subject to hydrolysis) is 1. The molecule has 0 aromatic heterocycles. The molecule has 2 aromatic rings. The van der Waals surface area contributed by atoms with Crippen molar-refractivity contribution in [3.05, 3.63) is 71.8 Å². The maximum Gasteiger partial charge on any atom is 0.407 e. The number of carboxylic acid groups (broad SMARTS) is 1. The number of amides is 1. The summed E-state index contributed by atoms with van der Waals surface area (Å²) in [6.45, 7) is 5.33. The van der Waals surface area contributed by atoms with E-state index in [-0.39, 0.29) is 0 Å². The Morgan fingerprint density at radius 2 is 1.41 bits per heavy atom. The first-order valence-corrected chi connectivity index (χ1v) is 9.05. The van der Waals surface area contributed by atoms with E-state index in [4.69, 9.17) is 4.74 Å². The number of rotatable bonds is 7. The minimum absolute atomic E-state index is 0.323. The standard InChI is InChI=1S/C22H27NO4/c1-22(2,3)27-21(26)23-19(15-17-12-8-5-9-13-17)18(20(24)25)14-16-10-6-4-7-11-16/h4-13,18-19H,14-15H2,1-3H3,(H,23,26)(H,24,25)/t18-,19+/m0/s1. The van der Waals surface area contributed by atoms with Gasteiger partial charge in [-0.1, -0.05) is 60.7 Å². The van der Waals surface area contributed by atoms with Gasteiger partial charge in [0, 0.05) is 6.04 Å². The lowest BCUT2D eigenvalue weighted by Gasteiger charge is -2.27. The number of carbonyl (C=O) groups is 2. The maximum atomic E-state index is 12.3. The molecule has 0 heterocycles. The quantitative estimate of drug-likeness (QED) is 0.771. The van der Waals surface area contributed by atoms with Gasteiger partial charge >= 0.3 is 12.1 Å². The van der Waals surface area contributed by atoms with Gasteiger partial charge < -0.3 is 15.2 Å². The van der Waals surface area contributed by atoms with E-state index in [0.717, 1.165) is 11.1 Å². The highest BCUT2D eigenvalue weighted by Gasteiger charge is 2.31. The average Bonchev–Trinajstić information content (AvgIpc) is 2.59. The van der Waals surface area contributed by atoms with Crippen LogP contribution in [0.25, 0.3) is 0 Å². The highest BCUT2D eigenvalue weighted by atomic mass is 16.6. The second-order valence-corrected chi connectivity index (χ2v) is 7.58. The lowest BCUT2D eigenvalue weighted by Crippen LogP contribution is -2.47. The zero-order valence-corrected chi connectivity index (χ0v) is 16.0. The Kier molecular flexibility index (Phi) is 6.99. The van der Waals surface area contributed by atoms with Crippen molar-refractivity contribution in [1.82, 2.24) is 5.32 Å². The van der Waals surface area contributed by atoms with E-state index < -0.39 is 29.6 Å². The van der Waals surface area contributed by atoms with Crippen LogP contribution >= 0.6 is 0 Å². The van der Waals surface area contributed by atoms with Gasteiger partial charge in [-0.15, -0.1) is 0 Å². The normalized spacial score (nSPS) is 13.4. The third kappa shape index (κ3) is 7.13. The molecule has 5 heteroatoms. The molecule has 2 N–H and O–H groups in total. The number of nitrogens with one attached hydrogen (secondary N) is 1. The molecule has 0 bridgehead atoms. The van der Waals surface area contributed by atoms with Crippen LogP contribution < -0.4 is 5.32 Å². The summed E-state index contributed by atoms with van der Waals surface area (Å²) in [7, 11) is 0. The van der Waals surface area contributed by atoms with Gasteiger partial charge in [0.1, 0.15) is 5.60 Å². The summed E-state index contributed by atoms with van der Waals surface area (Å²) >= 11 is 0. The van der Waals surface area contributed by atoms with Gasteiger partial charge in [-0.25, -0.2) is 4.79 Å². The zero-order chi connectivity index (χ0) is 19.9. The number of ether oxygens (including phenoxy) is 1. The van der Waals surface area contributed by atoms with Crippen molar-refractivity contribution >= 4 is 12.1 Å². The maximum absolute atomic E-state index is 12.3. The first-order valence-electron chi connectivity index (χ1n) is 9.05. The van der Waals surface area contributed by atoms with E-state index in [9.17, 15) is 14.7 Å². The van der Waals surface area contributed by atoms with Crippen LogP contribution in [0.3, 0.4) is 0 Å². The lowest BCUT2D eigenvalue weighted by atomic mass is 9.88. The molecule has 0 aliphatic heterocycles. The van der Waals surface area contributed by atoms with E-state index in [2.05, 4.69) is 5.32 Å². The van der Waals surface area contributed by atoms with Crippen LogP contribution in [-0.2, 0) is 22.4 Å². The summed E-state index contributed by atoms with van der Waals surface area (Å²) in [4.78, 5) is 24.3. The Morgan fingerprint density at radius 1 is 0.926 bits per heavy atom. The predicted molar refractivity (Wildman–Crippen MR) is 105 cm³/mol. The number of hydrogen-bond donors (Lipinski definition) is 2. The third-order valence-corrected chi connectivity index (χ3v) is 4.10. The molecule has 2 rings (SSSR count). The Labute approximate surface area is 160 Å². The second-order valence-electron chi connectivity index (χ2n) is 7.58. The number of aliphatic carboxylic acids is 1. The fourth-order valence-corrected chi connectivity index (χ4v) is 2.89. The van der Waals surface area contributed by atoms with Gasteiger partial charge in [0.15, 0.2) is 0 Å². The van der Waals surface area contributed by atoms with Crippen LogP contribution in [0.4, 0.5) is 4.79 Å². The molecule has 2 atom stereocenters. The van der Waals surface area contributed by atoms with Gasteiger partial charge in [-0.05, 0) is 44.7 Å². The molecule has 0 aliphatic rings. The summed E-state index contributed by atoms with van der Waals surface area (Å²) in [6.07, 6.45) is 0.121. The number of carboxylic acids is 1. The van der Waals surface area contributed by atoms with Crippen LogP contribution in [0.1, 0.15) is 31.9 Å². The van der Waals surface area contributed by atoms with Gasteiger partial charge in [0.2, 0.25) is 0 Å². The third-order valence-electron chi connectivity index (χ3n) is 4.10. The van der Waals surface area contributed by atoms with Crippen molar-refractivity contribution in [2.24, 2.45) is 5.92 Å². The van der Waals surface area contributed by atoms with Crippen molar-refractivity contribution in [3.8, 4) is 0 Å². The van der Waals surface area contributed by atoms with E-state index >= 15 is 0 Å². The Hall–Kier alpha value is -2.82. The van der Waals surface area contributed by atoms with Crippen LogP contribution in [0.15, 0.2) is 60.7 Å². The molecule has 0 radical (unpaired) electrons. The Morgan fingerprint density at radius 3 is 1.85 bits per heavy atom. The topological polar surface area (TPSA) is 75.6 Å². The van der Waals surface area contributed by atoms with Crippen LogP contribution in [0, 0.1) is 5.92 Å². The van der Waals surface area contributed by atoms with Gasteiger partial charge in [0.25, 0.3) is 0 Å². The first kappa shape index (κ1) is 20.5. The molecule has 5 nitrogen and oxygen atoms in total. The van der Waals surface area contributed by atoms with E-state index in [0.29, 0.717) is 12.8 Å². The zero-order valence-electron chi connectivity index (χ0n) is 16.0. The van der Waals surface area contributed by atoms with Crippen molar-refractivity contribution in [2.45, 2.75) is 45.3 Å². The van der Waals surface area contributed by atoms with Crippen molar-refractivity contribution in [2.75, 3.05) is 0 Å². The summed E-state index contributed by atoms with van der Waals surface area (Å²) in [6, 6.07) is 18.4. The molecule has 0 saturated carbocycles. The SMILES string of the molecule is CC(C)(C)OC(=O)N[C@H](Cc1ccccc1)[C@H](Cc1ccccc1)C(=O)O. The molecule has 0 saturated heterocycles. The highest BCUT2D eigenvalue weighted by Crippen LogP contribution is 2.18. The molecule has 2 aromatic carbocycles. The summed E-state index contributed by atoms with van der Waals surface area (Å²) < 4.78 is 5.34. The lowest BCUT2D eigenvalue weighted by molar-refractivity contribution is -0.142. The molecule has 0 fully saturated rings. The van der Waals surface area contributed by atoms with Gasteiger partial charge in [-0.2, -0.15) is 0 Å². The Balaban J connectivity index is 2.24. The summed E-state index contributed by atoms with van der Waals surface area (Å²) in [5.41, 5.74) is 1.21. The van der Waals surface area contributed by atoms with Crippen molar-refractivity contribution < 1.29 is 19.4 Å². The predicted octanol–water partition coefficient (Wildman–Crippen LogP) is 4.07. The van der Waals surface area contributed by atoms with E-state index in [1.165, 1.54) is 0 Å². The largest absolute Gasteiger partial charge is 0.481 e. The van der Waals surface area contributed by atoms with E-state index in [1.807, 2.05) is 60.7 Å². The molecule has 144 valence electrons. The fraction of sp³-hybridized carbons (Fsp3) is 0.364. The van der Waals surface area contributed by atoms with E-state index in [1.54, 1.807) is 20.8 Å². The fourth-order valence-electron chi connectivity index (χ4n) is 2.89. The number of benzene rings is 2. The van der Waals surface area contributed by atoms with Crippen LogP contribution in [0.5, 0.6) is 0 Å². The molecule has 0 aliphatic carbocycles. The van der Waals surface area contributed by atoms with Crippen LogP contribution in [0.2, 0.25) is 0 Å². The minimum Gasteiger partial charge on any atom is -0.481 e. The minimum atomic E-state index is -0.948. The molecule has 0 unspecified atom stereocenters. The van der Waals surface area contributed by atoms with Crippen molar-refractivity contribution in [1.29, 1.82) is 0 Å². The second kappa shape index (κ2) is 9.21. The first-order chi connectivity index (χ1) is 12.7. The van der Waals surface area contributed by atoms with Gasteiger partial charge in [0.05, 0.1) is 5.92 Å². The van der Waals surface area contributed by atoms with Gasteiger partial charge in [-0.3, -0.25) is 4.79 Å². The Bertz CT molecular complexity index is 738. The number of carbonyl (C=O) groups excluding carboxylic acids is 1.